The second-order valence-electron chi connectivity index (χ2n) is 4.49. The average molecular weight is 277 g/mol. The summed E-state index contributed by atoms with van der Waals surface area (Å²) in [6, 6.07) is 0. The third-order valence-corrected chi connectivity index (χ3v) is 9.02. The Bertz CT molecular complexity index is 183. The molecule has 3 heteroatoms. The van der Waals surface area contributed by atoms with Crippen molar-refractivity contribution in [2.75, 3.05) is 13.2 Å². The number of aliphatic hydroxyl groups excluding tert-OH is 1. The predicted octanol–water partition coefficient (Wildman–Crippen LogP) is 1.43. The Morgan fingerprint density at radius 3 is 2.33 bits per heavy atom. The molecule has 1 aliphatic rings. The van der Waals surface area contributed by atoms with Crippen molar-refractivity contribution in [2.45, 2.75) is 20.9 Å². The SMILES string of the molecule is C=[C]([C@H]1COC[C@H]1O)[Sn]([CH3])([CH3])[CH3]. The standard InChI is InChI=1S/C6H9O2.3CH3.Sn/c1-2-5-3-8-4-6(5)7;;;;/h5-7H,1,3-4H2;3*1H3;/t5-,6+;;;;/m0..../s1. The molecule has 0 unspecified atom stereocenters. The molecule has 1 fully saturated rings. The van der Waals surface area contributed by atoms with Gasteiger partial charge in [0, 0.05) is 0 Å². The molecular weight excluding hydrogens is 259 g/mol. The Balaban J connectivity index is 2.64. The third kappa shape index (κ3) is 2.24. The second-order valence-corrected chi connectivity index (χ2v) is 19.2. The third-order valence-electron chi connectivity index (χ3n) is 2.46. The summed E-state index contributed by atoms with van der Waals surface area (Å²) in [5, 5.41) is 9.57. The Morgan fingerprint density at radius 2 is 2.00 bits per heavy atom. The molecule has 0 saturated carbocycles. The van der Waals surface area contributed by atoms with Crippen molar-refractivity contribution < 1.29 is 9.84 Å². The van der Waals surface area contributed by atoms with Crippen molar-refractivity contribution in [1.82, 2.24) is 0 Å². The molecule has 1 saturated heterocycles. The van der Waals surface area contributed by atoms with E-state index in [9.17, 15) is 5.11 Å². The molecule has 1 aliphatic heterocycles. The first-order valence-corrected chi connectivity index (χ1v) is 14.4. The van der Waals surface area contributed by atoms with Crippen LogP contribution in [-0.4, -0.2) is 42.8 Å². The van der Waals surface area contributed by atoms with Gasteiger partial charge in [0.2, 0.25) is 0 Å². The van der Waals surface area contributed by atoms with Crippen molar-refractivity contribution in [3.63, 3.8) is 0 Å². The first-order valence-electron chi connectivity index (χ1n) is 4.38. The van der Waals surface area contributed by atoms with Gasteiger partial charge >= 0.3 is 78.4 Å². The summed E-state index contributed by atoms with van der Waals surface area (Å²) in [4.78, 5) is 6.96. The van der Waals surface area contributed by atoms with E-state index in [0.717, 1.165) is 0 Å². The molecule has 1 rings (SSSR count). The molecule has 70 valence electrons. The zero-order valence-electron chi connectivity index (χ0n) is 8.13. The zero-order valence-corrected chi connectivity index (χ0v) is 11.0. The number of ether oxygens (including phenoxy) is 1. The van der Waals surface area contributed by atoms with Gasteiger partial charge in [-0.15, -0.1) is 0 Å². The predicted molar refractivity (Wildman–Crippen MR) is 52.8 cm³/mol. The fraction of sp³-hybridized carbons (Fsp3) is 0.778. The first kappa shape index (κ1) is 10.5. The van der Waals surface area contributed by atoms with E-state index in [2.05, 4.69) is 21.4 Å². The zero-order chi connectivity index (χ0) is 9.35. The maximum atomic E-state index is 9.57. The van der Waals surface area contributed by atoms with Gasteiger partial charge in [-0.25, -0.2) is 0 Å². The summed E-state index contributed by atoms with van der Waals surface area (Å²) >= 11 is -2.00. The molecule has 2 nitrogen and oxygen atoms in total. The van der Waals surface area contributed by atoms with Gasteiger partial charge in [-0.2, -0.15) is 0 Å². The summed E-state index contributed by atoms with van der Waals surface area (Å²) < 4.78 is 6.51. The van der Waals surface area contributed by atoms with Crippen molar-refractivity contribution in [1.29, 1.82) is 0 Å². The number of rotatable bonds is 2. The van der Waals surface area contributed by atoms with Crippen molar-refractivity contribution in [2.24, 2.45) is 5.92 Å². The normalized spacial score (nSPS) is 30.7. The molecule has 0 amide bonds. The van der Waals surface area contributed by atoms with E-state index in [1.807, 2.05) is 0 Å². The van der Waals surface area contributed by atoms with E-state index in [-0.39, 0.29) is 12.0 Å². The van der Waals surface area contributed by atoms with E-state index in [1.54, 1.807) is 0 Å². The molecule has 2 atom stereocenters. The van der Waals surface area contributed by atoms with Crippen LogP contribution in [0.2, 0.25) is 14.8 Å². The van der Waals surface area contributed by atoms with Crippen LogP contribution in [0, 0.1) is 5.92 Å². The summed E-state index contributed by atoms with van der Waals surface area (Å²) in [6.45, 7) is 5.28. The molecule has 0 aromatic heterocycles. The van der Waals surface area contributed by atoms with Crippen LogP contribution >= 0.6 is 0 Å². The van der Waals surface area contributed by atoms with Crippen molar-refractivity contribution >= 4 is 18.4 Å². The van der Waals surface area contributed by atoms with Crippen LogP contribution in [0.1, 0.15) is 0 Å². The van der Waals surface area contributed by atoms with Crippen LogP contribution in [0.25, 0.3) is 0 Å². The van der Waals surface area contributed by atoms with Gasteiger partial charge in [0.1, 0.15) is 0 Å². The maximum absolute atomic E-state index is 9.57. The molecule has 1 N–H and O–H groups in total. The molecule has 12 heavy (non-hydrogen) atoms. The van der Waals surface area contributed by atoms with Crippen molar-refractivity contribution in [3.8, 4) is 0 Å². The topological polar surface area (TPSA) is 29.5 Å². The Kier molecular flexibility index (Phi) is 3.23. The quantitative estimate of drug-likeness (QED) is 0.774. The minimum absolute atomic E-state index is 0.223. The van der Waals surface area contributed by atoms with Crippen LogP contribution in [0.4, 0.5) is 0 Å². The molecule has 0 bridgehead atoms. The average Bonchev–Trinajstić information content (AvgIpc) is 2.31. The summed E-state index contributed by atoms with van der Waals surface area (Å²) in [5.74, 6) is 0.223. The van der Waals surface area contributed by atoms with Gasteiger partial charge in [0.15, 0.2) is 0 Å². The second kappa shape index (κ2) is 3.68. The van der Waals surface area contributed by atoms with Gasteiger partial charge in [-0.1, -0.05) is 0 Å². The van der Waals surface area contributed by atoms with Crippen LogP contribution in [-0.2, 0) is 4.74 Å². The van der Waals surface area contributed by atoms with E-state index in [1.165, 1.54) is 3.59 Å². The molecule has 0 aromatic rings. The van der Waals surface area contributed by atoms with E-state index < -0.39 is 18.4 Å². The molecule has 1 heterocycles. The Labute approximate surface area is 78.5 Å². The van der Waals surface area contributed by atoms with Gasteiger partial charge in [-0.05, 0) is 0 Å². The molecular formula is C9H18O2Sn. The van der Waals surface area contributed by atoms with Crippen LogP contribution in [0.15, 0.2) is 10.2 Å². The van der Waals surface area contributed by atoms with E-state index >= 15 is 0 Å². The van der Waals surface area contributed by atoms with Crippen LogP contribution in [0.3, 0.4) is 0 Å². The number of hydrogen-bond acceptors (Lipinski definition) is 2. The fourth-order valence-electron chi connectivity index (χ4n) is 1.43. The molecule has 0 aliphatic carbocycles. The summed E-state index contributed by atoms with van der Waals surface area (Å²) in [6.07, 6.45) is -0.298. The van der Waals surface area contributed by atoms with Gasteiger partial charge < -0.3 is 0 Å². The van der Waals surface area contributed by atoms with Gasteiger partial charge in [0.05, 0.1) is 0 Å². The molecule has 0 radical (unpaired) electrons. The monoisotopic (exact) mass is 278 g/mol. The first-order chi connectivity index (χ1) is 5.43. The fourth-order valence-corrected chi connectivity index (χ4v) is 5.39. The number of hydrogen-bond donors (Lipinski definition) is 1. The Hall–Kier alpha value is 0.459. The molecule has 0 aromatic carbocycles. The van der Waals surface area contributed by atoms with Crippen molar-refractivity contribution in [3.05, 3.63) is 10.2 Å². The van der Waals surface area contributed by atoms with E-state index in [4.69, 9.17) is 4.74 Å². The van der Waals surface area contributed by atoms with Crippen LogP contribution in [0.5, 0.6) is 0 Å². The van der Waals surface area contributed by atoms with Gasteiger partial charge in [0.25, 0.3) is 0 Å². The van der Waals surface area contributed by atoms with Gasteiger partial charge in [-0.3, -0.25) is 0 Å². The summed E-state index contributed by atoms with van der Waals surface area (Å²) in [5.41, 5.74) is 0. The van der Waals surface area contributed by atoms with Crippen LogP contribution < -0.4 is 0 Å². The molecule has 0 spiro atoms. The minimum atomic E-state index is -2.00. The summed E-state index contributed by atoms with van der Waals surface area (Å²) in [7, 11) is 0. The van der Waals surface area contributed by atoms with E-state index in [0.29, 0.717) is 13.2 Å². The number of aliphatic hydroxyl groups is 1. The Morgan fingerprint density at radius 1 is 1.42 bits per heavy atom.